The molecule has 0 N–H and O–H groups in total. The smallest absolute Gasteiger partial charge is 0.255 e. The molecule has 162 valence electrons. The molecule has 6 heteroatoms. The van der Waals surface area contributed by atoms with Crippen LogP contribution in [0.3, 0.4) is 0 Å². The van der Waals surface area contributed by atoms with Gasteiger partial charge in [0.2, 0.25) is 0 Å². The molecule has 1 aromatic carbocycles. The number of halogens is 1. The highest BCUT2D eigenvalue weighted by molar-refractivity contribution is 6.30. The van der Waals surface area contributed by atoms with Crippen LogP contribution < -0.4 is 4.90 Å². The molecule has 1 aromatic heterocycles. The van der Waals surface area contributed by atoms with Gasteiger partial charge in [0.15, 0.2) is 0 Å². The van der Waals surface area contributed by atoms with Gasteiger partial charge in [0.05, 0.1) is 5.56 Å². The molecule has 2 aliphatic rings. The van der Waals surface area contributed by atoms with Gasteiger partial charge in [-0.1, -0.05) is 11.6 Å². The highest BCUT2D eigenvalue weighted by atomic mass is 35.5. The second kappa shape index (κ2) is 9.44. The number of carbonyl (C=O) groups is 1. The molecule has 0 unspecified atom stereocenters. The third kappa shape index (κ3) is 4.52. The summed E-state index contributed by atoms with van der Waals surface area (Å²) in [5.41, 5.74) is 4.58. The van der Waals surface area contributed by atoms with Crippen LogP contribution in [0.1, 0.15) is 41.4 Å². The van der Waals surface area contributed by atoms with E-state index in [9.17, 15) is 4.79 Å². The van der Waals surface area contributed by atoms with Crippen molar-refractivity contribution in [3.05, 3.63) is 52.3 Å². The van der Waals surface area contributed by atoms with E-state index in [4.69, 9.17) is 11.6 Å². The number of hydrogen-bond acceptors (Lipinski definition) is 3. The fourth-order valence-electron chi connectivity index (χ4n) is 4.87. The van der Waals surface area contributed by atoms with Gasteiger partial charge in [-0.05, 0) is 69.5 Å². The number of aryl methyl sites for hydroxylation is 2. The molecule has 0 saturated carbocycles. The Balaban J connectivity index is 1.27. The summed E-state index contributed by atoms with van der Waals surface area (Å²) in [6.45, 7) is 12.2. The number of anilines is 1. The van der Waals surface area contributed by atoms with Gasteiger partial charge in [-0.25, -0.2) is 0 Å². The molecule has 2 aromatic rings. The zero-order valence-electron chi connectivity index (χ0n) is 18.2. The van der Waals surface area contributed by atoms with E-state index in [-0.39, 0.29) is 5.91 Å². The van der Waals surface area contributed by atoms with Crippen molar-refractivity contribution in [2.45, 2.75) is 39.7 Å². The van der Waals surface area contributed by atoms with E-state index in [2.05, 4.69) is 51.4 Å². The van der Waals surface area contributed by atoms with E-state index in [0.29, 0.717) is 0 Å². The SMILES string of the molecule is CCn1cc(C)c2c1CCCN(CCCN1CCN(c3ccc(Cl)cc3)CC1)C2=O. The minimum atomic E-state index is 0.236. The zero-order valence-corrected chi connectivity index (χ0v) is 19.0. The summed E-state index contributed by atoms with van der Waals surface area (Å²) in [6.07, 6.45) is 5.25. The fraction of sp³-hybridized carbons (Fsp3) is 0.542. The van der Waals surface area contributed by atoms with Gasteiger partial charge < -0.3 is 14.4 Å². The zero-order chi connectivity index (χ0) is 21.1. The van der Waals surface area contributed by atoms with Crippen molar-refractivity contribution in [3.63, 3.8) is 0 Å². The third-order valence-corrected chi connectivity index (χ3v) is 6.78. The second-order valence-electron chi connectivity index (χ2n) is 8.47. The van der Waals surface area contributed by atoms with E-state index in [1.165, 1.54) is 11.4 Å². The second-order valence-corrected chi connectivity index (χ2v) is 8.91. The van der Waals surface area contributed by atoms with Crippen molar-refractivity contribution in [3.8, 4) is 0 Å². The van der Waals surface area contributed by atoms with Crippen molar-refractivity contribution in [2.75, 3.05) is 50.7 Å². The van der Waals surface area contributed by atoms with Crippen LogP contribution in [0.4, 0.5) is 5.69 Å². The number of aromatic nitrogens is 1. The van der Waals surface area contributed by atoms with Crippen molar-refractivity contribution in [2.24, 2.45) is 0 Å². The van der Waals surface area contributed by atoms with E-state index < -0.39 is 0 Å². The van der Waals surface area contributed by atoms with Crippen molar-refractivity contribution in [1.82, 2.24) is 14.4 Å². The maximum Gasteiger partial charge on any atom is 0.255 e. The lowest BCUT2D eigenvalue weighted by atomic mass is 10.1. The molecule has 0 radical (unpaired) electrons. The van der Waals surface area contributed by atoms with Gasteiger partial charge in [-0.2, -0.15) is 0 Å². The molecule has 1 fully saturated rings. The van der Waals surface area contributed by atoms with Crippen LogP contribution in [0.2, 0.25) is 5.02 Å². The molecule has 3 heterocycles. The summed E-state index contributed by atoms with van der Waals surface area (Å²) in [7, 11) is 0. The van der Waals surface area contributed by atoms with E-state index >= 15 is 0 Å². The number of carbonyl (C=O) groups excluding carboxylic acids is 1. The number of nitrogens with zero attached hydrogens (tertiary/aromatic N) is 4. The normalized spacial score (nSPS) is 17.9. The molecular weight excluding hydrogens is 396 g/mol. The lowest BCUT2D eigenvalue weighted by molar-refractivity contribution is 0.0752. The molecule has 1 amide bonds. The Labute approximate surface area is 185 Å². The molecule has 5 nitrogen and oxygen atoms in total. The summed E-state index contributed by atoms with van der Waals surface area (Å²) >= 11 is 6.00. The van der Waals surface area contributed by atoms with Crippen LogP contribution in [-0.4, -0.2) is 66.1 Å². The van der Waals surface area contributed by atoms with E-state index in [1.807, 2.05) is 12.1 Å². The van der Waals surface area contributed by atoms with Crippen LogP contribution in [0.25, 0.3) is 0 Å². The maximum atomic E-state index is 13.2. The van der Waals surface area contributed by atoms with Gasteiger partial charge in [0.25, 0.3) is 5.91 Å². The Morgan fingerprint density at radius 3 is 2.43 bits per heavy atom. The number of rotatable bonds is 6. The molecule has 2 aliphatic heterocycles. The monoisotopic (exact) mass is 428 g/mol. The minimum absolute atomic E-state index is 0.236. The van der Waals surface area contributed by atoms with Gasteiger partial charge in [-0.3, -0.25) is 9.69 Å². The minimum Gasteiger partial charge on any atom is -0.369 e. The molecular formula is C24H33ClN4O. The molecule has 1 saturated heterocycles. The quantitative estimate of drug-likeness (QED) is 0.695. The Bertz CT molecular complexity index is 868. The summed E-state index contributed by atoms with van der Waals surface area (Å²) in [6, 6.07) is 8.13. The number of benzene rings is 1. The number of amides is 1. The number of fused-ring (bicyclic) bond motifs is 1. The Morgan fingerprint density at radius 2 is 1.73 bits per heavy atom. The van der Waals surface area contributed by atoms with Crippen molar-refractivity contribution >= 4 is 23.2 Å². The maximum absolute atomic E-state index is 13.2. The largest absolute Gasteiger partial charge is 0.369 e. The van der Waals surface area contributed by atoms with Crippen LogP contribution in [0.5, 0.6) is 0 Å². The van der Waals surface area contributed by atoms with Crippen LogP contribution in [0, 0.1) is 6.92 Å². The lowest BCUT2D eigenvalue weighted by Gasteiger charge is -2.36. The molecule has 0 bridgehead atoms. The van der Waals surface area contributed by atoms with E-state index in [0.717, 1.165) is 87.8 Å². The predicted octanol–water partition coefficient (Wildman–Crippen LogP) is 4.07. The molecule has 4 rings (SSSR count). The highest BCUT2D eigenvalue weighted by Crippen LogP contribution is 2.24. The van der Waals surface area contributed by atoms with Crippen LogP contribution >= 0.6 is 11.6 Å². The highest BCUT2D eigenvalue weighted by Gasteiger charge is 2.27. The summed E-state index contributed by atoms with van der Waals surface area (Å²) < 4.78 is 2.26. The van der Waals surface area contributed by atoms with Crippen LogP contribution in [-0.2, 0) is 13.0 Å². The third-order valence-electron chi connectivity index (χ3n) is 6.53. The van der Waals surface area contributed by atoms with Gasteiger partial charge in [0, 0.05) is 68.4 Å². The first kappa shape index (κ1) is 21.3. The first-order valence-corrected chi connectivity index (χ1v) is 11.7. The van der Waals surface area contributed by atoms with Crippen molar-refractivity contribution in [1.29, 1.82) is 0 Å². The number of piperazine rings is 1. The molecule has 0 aliphatic carbocycles. The van der Waals surface area contributed by atoms with Gasteiger partial charge in [0.1, 0.15) is 0 Å². The summed E-state index contributed by atoms with van der Waals surface area (Å²) in [5.74, 6) is 0.236. The van der Waals surface area contributed by atoms with Gasteiger partial charge in [-0.15, -0.1) is 0 Å². The Hall–Kier alpha value is -1.98. The van der Waals surface area contributed by atoms with Crippen LogP contribution in [0.15, 0.2) is 30.5 Å². The molecule has 0 spiro atoms. The predicted molar refractivity (Wildman–Crippen MR) is 124 cm³/mol. The molecule has 30 heavy (non-hydrogen) atoms. The van der Waals surface area contributed by atoms with E-state index in [1.54, 1.807) is 0 Å². The molecule has 0 atom stereocenters. The topological polar surface area (TPSA) is 31.7 Å². The first-order valence-electron chi connectivity index (χ1n) is 11.3. The summed E-state index contributed by atoms with van der Waals surface area (Å²) in [5, 5.41) is 0.786. The van der Waals surface area contributed by atoms with Gasteiger partial charge >= 0.3 is 0 Å². The Kier molecular flexibility index (Phi) is 6.69. The number of hydrogen-bond donors (Lipinski definition) is 0. The average Bonchev–Trinajstić information content (AvgIpc) is 2.98. The first-order chi connectivity index (χ1) is 14.6. The lowest BCUT2D eigenvalue weighted by Crippen LogP contribution is -2.47. The average molecular weight is 429 g/mol. The Morgan fingerprint density at radius 1 is 1.00 bits per heavy atom. The fourth-order valence-corrected chi connectivity index (χ4v) is 4.99. The van der Waals surface area contributed by atoms with Crippen molar-refractivity contribution < 1.29 is 4.79 Å². The summed E-state index contributed by atoms with van der Waals surface area (Å²) in [4.78, 5) is 20.2. The standard InChI is InChI=1S/C24H33ClN4O/c1-3-27-18-19(2)23-22(27)6-4-12-29(24(23)30)13-5-11-26-14-16-28(17-15-26)21-9-7-20(25)8-10-21/h7-10,18H,3-6,11-17H2,1-2H3.